The molecule has 2 aromatic carbocycles. The van der Waals surface area contributed by atoms with Crippen LogP contribution in [-0.4, -0.2) is 31.7 Å². The first-order valence-corrected chi connectivity index (χ1v) is 12.9. The van der Waals surface area contributed by atoms with Crippen molar-refractivity contribution in [2.45, 2.75) is 45.3 Å². The molecule has 0 aromatic heterocycles. The minimum Gasteiger partial charge on any atom is -0.325 e. The molecule has 0 bridgehead atoms. The Labute approximate surface area is 194 Å². The molecule has 1 aliphatic rings. The highest BCUT2D eigenvalue weighted by Crippen LogP contribution is 2.28. The summed E-state index contributed by atoms with van der Waals surface area (Å²) in [7, 11) is -3.50. The fourth-order valence-electron chi connectivity index (χ4n) is 3.96. The van der Waals surface area contributed by atoms with Gasteiger partial charge in [-0.1, -0.05) is 61.3 Å². The number of halogens is 2. The van der Waals surface area contributed by atoms with Gasteiger partial charge in [0.2, 0.25) is 15.9 Å². The second-order valence-corrected chi connectivity index (χ2v) is 10.6. The number of carbonyl (C=O) groups is 1. The number of hydrogen-bond donors (Lipinski definition) is 1. The Balaban J connectivity index is 1.62. The molecule has 0 saturated carbocycles. The molecule has 3 rings (SSSR count). The summed E-state index contributed by atoms with van der Waals surface area (Å²) in [5.74, 6) is -0.368. The first kappa shape index (κ1) is 24.1. The average Bonchev–Trinajstić information content (AvgIpc) is 2.76. The van der Waals surface area contributed by atoms with E-state index in [9.17, 15) is 13.2 Å². The molecule has 0 spiro atoms. The van der Waals surface area contributed by atoms with Crippen molar-refractivity contribution in [2.75, 3.05) is 18.4 Å². The molecular formula is C23H28Cl2N2O3S. The van der Waals surface area contributed by atoms with E-state index in [2.05, 4.69) is 19.2 Å². The Morgan fingerprint density at radius 3 is 2.19 bits per heavy atom. The van der Waals surface area contributed by atoms with E-state index < -0.39 is 10.0 Å². The van der Waals surface area contributed by atoms with E-state index in [1.54, 1.807) is 18.2 Å². The molecule has 0 radical (unpaired) electrons. The van der Waals surface area contributed by atoms with Crippen LogP contribution in [0, 0.1) is 5.92 Å². The Morgan fingerprint density at radius 2 is 1.65 bits per heavy atom. The molecule has 0 atom stereocenters. The fourth-order valence-corrected chi connectivity index (χ4v) is 5.83. The van der Waals surface area contributed by atoms with E-state index in [-0.39, 0.29) is 17.6 Å². The molecule has 168 valence electrons. The van der Waals surface area contributed by atoms with Gasteiger partial charge in [0.1, 0.15) is 0 Å². The number of anilines is 1. The van der Waals surface area contributed by atoms with Crippen LogP contribution >= 0.6 is 23.2 Å². The van der Waals surface area contributed by atoms with Crippen molar-refractivity contribution in [2.24, 2.45) is 5.92 Å². The molecule has 2 aromatic rings. The van der Waals surface area contributed by atoms with Gasteiger partial charge in [-0.3, -0.25) is 4.79 Å². The maximum atomic E-state index is 12.9. The van der Waals surface area contributed by atoms with Crippen molar-refractivity contribution in [3.05, 3.63) is 63.1 Å². The Morgan fingerprint density at radius 1 is 1.03 bits per heavy atom. The maximum Gasteiger partial charge on any atom is 0.227 e. The summed E-state index contributed by atoms with van der Waals surface area (Å²) in [6, 6.07) is 10.9. The lowest BCUT2D eigenvalue weighted by molar-refractivity contribution is -0.120. The normalized spacial score (nSPS) is 15.7. The van der Waals surface area contributed by atoms with Gasteiger partial charge in [-0.05, 0) is 54.5 Å². The lowest BCUT2D eigenvalue weighted by Gasteiger charge is -2.31. The predicted octanol–water partition coefficient (Wildman–Crippen LogP) is 5.30. The van der Waals surface area contributed by atoms with Gasteiger partial charge in [-0.15, -0.1) is 0 Å². The number of rotatable bonds is 7. The topological polar surface area (TPSA) is 66.5 Å². The highest BCUT2D eigenvalue weighted by atomic mass is 35.5. The first-order valence-electron chi connectivity index (χ1n) is 10.6. The molecule has 1 saturated heterocycles. The van der Waals surface area contributed by atoms with E-state index >= 15 is 0 Å². The van der Waals surface area contributed by atoms with Gasteiger partial charge in [-0.2, -0.15) is 0 Å². The van der Waals surface area contributed by atoms with E-state index in [0.29, 0.717) is 41.5 Å². The number of hydrogen-bond acceptors (Lipinski definition) is 3. The van der Waals surface area contributed by atoms with Crippen LogP contribution < -0.4 is 5.32 Å². The van der Waals surface area contributed by atoms with Crippen LogP contribution in [0.15, 0.2) is 36.4 Å². The van der Waals surface area contributed by atoms with Gasteiger partial charge >= 0.3 is 0 Å². The molecule has 0 aliphatic carbocycles. The Kier molecular flexibility index (Phi) is 8.03. The van der Waals surface area contributed by atoms with Crippen molar-refractivity contribution in [1.82, 2.24) is 4.31 Å². The second-order valence-electron chi connectivity index (χ2n) is 7.83. The van der Waals surface area contributed by atoms with Crippen LogP contribution in [0.25, 0.3) is 0 Å². The number of nitrogens with zero attached hydrogens (tertiary/aromatic N) is 1. The third-order valence-electron chi connectivity index (χ3n) is 5.80. The van der Waals surface area contributed by atoms with Crippen LogP contribution in [0.4, 0.5) is 5.69 Å². The quantitative estimate of drug-likeness (QED) is 0.581. The minimum atomic E-state index is -3.50. The second kappa shape index (κ2) is 10.3. The van der Waals surface area contributed by atoms with Crippen molar-refractivity contribution >= 4 is 44.8 Å². The van der Waals surface area contributed by atoms with Gasteiger partial charge in [-0.25, -0.2) is 12.7 Å². The van der Waals surface area contributed by atoms with Crippen molar-refractivity contribution in [3.8, 4) is 0 Å². The number of aryl methyl sites for hydroxylation is 2. The maximum absolute atomic E-state index is 12.9. The van der Waals surface area contributed by atoms with Crippen molar-refractivity contribution in [1.29, 1.82) is 0 Å². The van der Waals surface area contributed by atoms with Crippen LogP contribution in [-0.2, 0) is 33.4 Å². The molecule has 1 heterocycles. The lowest BCUT2D eigenvalue weighted by Crippen LogP contribution is -2.42. The molecule has 1 fully saturated rings. The molecule has 1 aliphatic heterocycles. The zero-order valence-corrected chi connectivity index (χ0v) is 20.2. The first-order chi connectivity index (χ1) is 14.7. The van der Waals surface area contributed by atoms with Crippen LogP contribution in [0.1, 0.15) is 43.4 Å². The van der Waals surface area contributed by atoms with Crippen LogP contribution in [0.3, 0.4) is 0 Å². The molecule has 0 unspecified atom stereocenters. The largest absolute Gasteiger partial charge is 0.325 e. The number of amides is 1. The van der Waals surface area contributed by atoms with Gasteiger partial charge in [0, 0.05) is 24.7 Å². The number of piperidine rings is 1. The summed E-state index contributed by atoms with van der Waals surface area (Å²) in [5, 5.41) is 3.85. The molecule has 31 heavy (non-hydrogen) atoms. The summed E-state index contributed by atoms with van der Waals surface area (Å²) < 4.78 is 27.1. The summed E-state index contributed by atoms with van der Waals surface area (Å²) in [6.45, 7) is 4.80. The summed E-state index contributed by atoms with van der Waals surface area (Å²) >= 11 is 11.9. The monoisotopic (exact) mass is 482 g/mol. The predicted molar refractivity (Wildman–Crippen MR) is 127 cm³/mol. The third kappa shape index (κ3) is 5.80. The minimum absolute atomic E-state index is 0.0304. The molecular weight excluding hydrogens is 455 g/mol. The van der Waals surface area contributed by atoms with Gasteiger partial charge < -0.3 is 5.32 Å². The van der Waals surface area contributed by atoms with E-state index in [0.717, 1.165) is 29.7 Å². The van der Waals surface area contributed by atoms with Gasteiger partial charge in [0.15, 0.2) is 0 Å². The summed E-state index contributed by atoms with van der Waals surface area (Å²) in [5.41, 5.74) is 3.74. The van der Waals surface area contributed by atoms with Crippen molar-refractivity contribution < 1.29 is 13.2 Å². The van der Waals surface area contributed by atoms with Crippen molar-refractivity contribution in [3.63, 3.8) is 0 Å². The highest BCUT2D eigenvalue weighted by molar-refractivity contribution is 7.88. The average molecular weight is 483 g/mol. The SMILES string of the molecule is CCc1cccc(CC)c1NC(=O)C1CCN(S(=O)(=O)Cc2ccc(Cl)c(Cl)c2)CC1. The molecule has 1 amide bonds. The summed E-state index contributed by atoms with van der Waals surface area (Å²) in [4.78, 5) is 12.9. The van der Waals surface area contributed by atoms with E-state index in [4.69, 9.17) is 23.2 Å². The Bertz CT molecular complexity index is 1030. The van der Waals surface area contributed by atoms with E-state index in [1.165, 1.54) is 4.31 Å². The number of benzene rings is 2. The summed E-state index contributed by atoms with van der Waals surface area (Å²) in [6.07, 6.45) is 2.69. The number of sulfonamides is 1. The number of nitrogens with one attached hydrogen (secondary N) is 1. The zero-order chi connectivity index (χ0) is 22.6. The third-order valence-corrected chi connectivity index (χ3v) is 8.39. The zero-order valence-electron chi connectivity index (χ0n) is 17.8. The van der Waals surface area contributed by atoms with Crippen LogP contribution in [0.5, 0.6) is 0 Å². The molecule has 5 nitrogen and oxygen atoms in total. The lowest BCUT2D eigenvalue weighted by atomic mass is 9.96. The smallest absolute Gasteiger partial charge is 0.227 e. The highest BCUT2D eigenvalue weighted by Gasteiger charge is 2.31. The number of carbonyl (C=O) groups excluding carboxylic acids is 1. The number of para-hydroxylation sites is 1. The molecule has 1 N–H and O–H groups in total. The Hall–Kier alpha value is -1.60. The van der Waals surface area contributed by atoms with Crippen LogP contribution in [0.2, 0.25) is 10.0 Å². The van der Waals surface area contributed by atoms with E-state index in [1.807, 2.05) is 18.2 Å². The fraction of sp³-hybridized carbons (Fsp3) is 0.435. The van der Waals surface area contributed by atoms with Gasteiger partial charge in [0.05, 0.1) is 15.8 Å². The standard InChI is InChI=1S/C23H28Cl2N2O3S/c1-3-17-6-5-7-18(4-2)22(17)26-23(28)19-10-12-27(13-11-19)31(29,30)15-16-8-9-20(24)21(25)14-16/h5-9,14,19H,3-4,10-13,15H2,1-2H3,(H,26,28). The van der Waals surface area contributed by atoms with Gasteiger partial charge in [0.25, 0.3) is 0 Å². The molecule has 8 heteroatoms.